The summed E-state index contributed by atoms with van der Waals surface area (Å²) in [5.41, 5.74) is 0.851. The molecular formula is C17H17F3N6. The molecule has 0 spiro atoms. The lowest BCUT2D eigenvalue weighted by molar-refractivity contribution is -0.137. The van der Waals surface area contributed by atoms with Crippen molar-refractivity contribution in [3.8, 4) is 0 Å². The molecule has 0 bridgehead atoms. The zero-order valence-electron chi connectivity index (χ0n) is 13.8. The number of fused-ring (bicyclic) bond motifs is 1. The highest BCUT2D eigenvalue weighted by Crippen LogP contribution is 2.36. The number of halogens is 3. The third-order valence-corrected chi connectivity index (χ3v) is 4.83. The molecule has 1 fully saturated rings. The van der Waals surface area contributed by atoms with E-state index in [9.17, 15) is 13.2 Å². The van der Waals surface area contributed by atoms with Gasteiger partial charge in [0, 0.05) is 12.0 Å². The van der Waals surface area contributed by atoms with Crippen molar-refractivity contribution in [3.63, 3.8) is 0 Å². The van der Waals surface area contributed by atoms with Crippen molar-refractivity contribution in [2.45, 2.75) is 43.8 Å². The Morgan fingerprint density at radius 1 is 1.00 bits per heavy atom. The number of aromatic nitrogens is 5. The van der Waals surface area contributed by atoms with E-state index in [0.717, 1.165) is 43.4 Å². The van der Waals surface area contributed by atoms with Gasteiger partial charge in [0.15, 0.2) is 5.65 Å². The molecule has 6 nitrogen and oxygen atoms in total. The van der Waals surface area contributed by atoms with Crippen molar-refractivity contribution in [2.75, 3.05) is 5.32 Å². The van der Waals surface area contributed by atoms with Crippen LogP contribution in [0, 0.1) is 0 Å². The molecule has 1 aromatic carbocycles. The summed E-state index contributed by atoms with van der Waals surface area (Å²) in [6.45, 7) is 0. The average molecular weight is 362 g/mol. The molecule has 0 saturated heterocycles. The van der Waals surface area contributed by atoms with E-state index in [1.807, 2.05) is 6.07 Å². The van der Waals surface area contributed by atoms with Crippen LogP contribution in [0.1, 0.15) is 42.7 Å². The van der Waals surface area contributed by atoms with Gasteiger partial charge < -0.3 is 5.32 Å². The van der Waals surface area contributed by atoms with Crippen LogP contribution in [0.15, 0.2) is 36.4 Å². The van der Waals surface area contributed by atoms with Crippen LogP contribution < -0.4 is 5.32 Å². The third-order valence-electron chi connectivity index (χ3n) is 4.83. The summed E-state index contributed by atoms with van der Waals surface area (Å²) in [6, 6.07) is 9.17. The monoisotopic (exact) mass is 362 g/mol. The summed E-state index contributed by atoms with van der Waals surface area (Å²) < 4.78 is 39.7. The second-order valence-corrected chi connectivity index (χ2v) is 6.51. The fraction of sp³-hybridized carbons (Fsp3) is 0.412. The maximum atomic E-state index is 12.8. The van der Waals surface area contributed by atoms with Gasteiger partial charge in [-0.1, -0.05) is 25.0 Å². The highest BCUT2D eigenvalue weighted by Gasteiger charge is 2.31. The van der Waals surface area contributed by atoms with Crippen molar-refractivity contribution in [3.05, 3.63) is 47.5 Å². The summed E-state index contributed by atoms with van der Waals surface area (Å²) >= 11 is 0. The number of nitrogens with one attached hydrogen (secondary N) is 1. The highest BCUT2D eigenvalue weighted by molar-refractivity contribution is 5.43. The van der Waals surface area contributed by atoms with Crippen LogP contribution in [0.5, 0.6) is 0 Å². The zero-order chi connectivity index (χ0) is 18.1. The standard InChI is InChI=1S/C17H17F3N6/c18-17(19,20)12-7-5-11(6-8-12)13-3-1-2-4-14(13)21-15-9-10-16-22-24-25-26(16)23-15/h5-10,13-14H,1-4H2,(H,21,23). The Balaban J connectivity index is 1.56. The minimum atomic E-state index is -4.31. The fourth-order valence-electron chi connectivity index (χ4n) is 3.54. The van der Waals surface area contributed by atoms with Gasteiger partial charge in [-0.2, -0.15) is 13.2 Å². The summed E-state index contributed by atoms with van der Waals surface area (Å²) in [6.07, 6.45) is -0.323. The van der Waals surface area contributed by atoms with E-state index in [2.05, 4.69) is 25.9 Å². The normalized spacial score (nSPS) is 21.0. The summed E-state index contributed by atoms with van der Waals surface area (Å²) in [5, 5.41) is 18.9. The third kappa shape index (κ3) is 3.33. The Bertz CT molecular complexity index is 889. The lowest BCUT2D eigenvalue weighted by Crippen LogP contribution is -2.31. The zero-order valence-corrected chi connectivity index (χ0v) is 13.8. The van der Waals surface area contributed by atoms with E-state index < -0.39 is 11.7 Å². The Kier molecular flexibility index (Phi) is 4.21. The van der Waals surface area contributed by atoms with Crippen LogP contribution in [-0.2, 0) is 6.18 Å². The number of hydrogen-bond donors (Lipinski definition) is 1. The largest absolute Gasteiger partial charge is 0.416 e. The Labute approximate surface area is 147 Å². The molecule has 0 radical (unpaired) electrons. The minimum absolute atomic E-state index is 0.0990. The Morgan fingerprint density at radius 3 is 2.54 bits per heavy atom. The molecule has 0 aliphatic heterocycles. The maximum absolute atomic E-state index is 12.8. The molecule has 1 aliphatic carbocycles. The molecule has 1 aliphatic rings. The minimum Gasteiger partial charge on any atom is -0.365 e. The van der Waals surface area contributed by atoms with Gasteiger partial charge >= 0.3 is 6.18 Å². The molecule has 4 rings (SSSR count). The first-order valence-corrected chi connectivity index (χ1v) is 8.50. The SMILES string of the molecule is FC(F)(F)c1ccc(C2CCCCC2Nc2ccc3nnnn3n2)cc1. The molecule has 2 heterocycles. The van der Waals surface area contributed by atoms with Gasteiger partial charge in [-0.3, -0.25) is 0 Å². The number of tetrazole rings is 1. The molecular weight excluding hydrogens is 345 g/mol. The van der Waals surface area contributed by atoms with E-state index in [4.69, 9.17) is 0 Å². The quantitative estimate of drug-likeness (QED) is 0.770. The molecule has 136 valence electrons. The second kappa shape index (κ2) is 6.54. The van der Waals surface area contributed by atoms with Crippen LogP contribution in [0.25, 0.3) is 5.65 Å². The predicted octanol–water partition coefficient (Wildman–Crippen LogP) is 3.68. The number of rotatable bonds is 3. The van der Waals surface area contributed by atoms with Crippen LogP contribution in [0.2, 0.25) is 0 Å². The van der Waals surface area contributed by atoms with Gasteiger partial charge in [0.2, 0.25) is 0 Å². The summed E-state index contributed by atoms with van der Waals surface area (Å²) in [5.74, 6) is 0.783. The smallest absolute Gasteiger partial charge is 0.365 e. The van der Waals surface area contributed by atoms with Crippen molar-refractivity contribution >= 4 is 11.5 Å². The number of anilines is 1. The first kappa shape index (κ1) is 16.7. The molecule has 3 aromatic rings. The van der Waals surface area contributed by atoms with Crippen molar-refractivity contribution in [1.82, 2.24) is 25.3 Å². The number of benzene rings is 1. The molecule has 1 N–H and O–H groups in total. The summed E-state index contributed by atoms with van der Waals surface area (Å²) in [4.78, 5) is 0. The average Bonchev–Trinajstić information content (AvgIpc) is 3.09. The van der Waals surface area contributed by atoms with Crippen molar-refractivity contribution < 1.29 is 13.2 Å². The van der Waals surface area contributed by atoms with Gasteiger partial charge in [-0.25, -0.2) is 0 Å². The topological polar surface area (TPSA) is 68.0 Å². The van der Waals surface area contributed by atoms with Crippen molar-refractivity contribution in [1.29, 1.82) is 0 Å². The number of nitrogens with zero attached hydrogens (tertiary/aromatic N) is 5. The summed E-state index contributed by atoms with van der Waals surface area (Å²) in [7, 11) is 0. The van der Waals surface area contributed by atoms with Crippen LogP contribution in [-0.4, -0.2) is 31.3 Å². The second-order valence-electron chi connectivity index (χ2n) is 6.51. The van der Waals surface area contributed by atoms with Gasteiger partial charge in [-0.05, 0) is 53.1 Å². The van der Waals surface area contributed by atoms with E-state index in [-0.39, 0.29) is 12.0 Å². The van der Waals surface area contributed by atoms with E-state index in [0.29, 0.717) is 11.5 Å². The number of hydrogen-bond acceptors (Lipinski definition) is 5. The fourth-order valence-corrected chi connectivity index (χ4v) is 3.54. The molecule has 2 atom stereocenters. The van der Waals surface area contributed by atoms with E-state index in [1.54, 1.807) is 18.2 Å². The Morgan fingerprint density at radius 2 is 1.77 bits per heavy atom. The molecule has 2 unspecified atom stereocenters. The molecule has 2 aromatic heterocycles. The number of alkyl halides is 3. The van der Waals surface area contributed by atoms with E-state index >= 15 is 0 Å². The van der Waals surface area contributed by atoms with Crippen LogP contribution >= 0.6 is 0 Å². The molecule has 26 heavy (non-hydrogen) atoms. The Hall–Kier alpha value is -2.71. The van der Waals surface area contributed by atoms with Gasteiger partial charge in [0.05, 0.1) is 5.56 Å². The van der Waals surface area contributed by atoms with E-state index in [1.165, 1.54) is 4.63 Å². The molecule has 0 amide bonds. The first-order chi connectivity index (χ1) is 12.5. The van der Waals surface area contributed by atoms with Gasteiger partial charge in [-0.15, -0.1) is 14.8 Å². The van der Waals surface area contributed by atoms with Gasteiger partial charge in [0.25, 0.3) is 0 Å². The predicted molar refractivity (Wildman–Crippen MR) is 88.6 cm³/mol. The highest BCUT2D eigenvalue weighted by atomic mass is 19.4. The lowest BCUT2D eigenvalue weighted by atomic mass is 9.80. The van der Waals surface area contributed by atoms with Gasteiger partial charge in [0.1, 0.15) is 5.82 Å². The lowest BCUT2D eigenvalue weighted by Gasteiger charge is -2.33. The van der Waals surface area contributed by atoms with Crippen LogP contribution in [0.3, 0.4) is 0 Å². The molecule has 9 heteroatoms. The molecule has 1 saturated carbocycles. The van der Waals surface area contributed by atoms with Crippen molar-refractivity contribution in [2.24, 2.45) is 0 Å². The maximum Gasteiger partial charge on any atom is 0.416 e. The first-order valence-electron chi connectivity index (χ1n) is 8.50. The van der Waals surface area contributed by atoms with Crippen LogP contribution in [0.4, 0.5) is 19.0 Å².